The molecule has 0 saturated carbocycles. The summed E-state index contributed by atoms with van der Waals surface area (Å²) in [4.78, 5) is 11.7. The lowest BCUT2D eigenvalue weighted by molar-refractivity contribution is -0.119. The number of hydrogen-bond donors (Lipinski definition) is 1. The van der Waals surface area contributed by atoms with Gasteiger partial charge in [-0.05, 0) is 24.0 Å². The highest BCUT2D eigenvalue weighted by atomic mass is 16.1. The zero-order valence-corrected chi connectivity index (χ0v) is 10.2. The zero-order chi connectivity index (χ0) is 12.0. The summed E-state index contributed by atoms with van der Waals surface area (Å²) in [6.45, 7) is 4.17. The second-order valence-electron chi connectivity index (χ2n) is 4.21. The SMILES string of the molecule is CCCC(N)C(=O)Cc1ccc(CC)cc1. The minimum absolute atomic E-state index is 0.145. The molecule has 2 heteroatoms. The molecule has 0 saturated heterocycles. The second-order valence-corrected chi connectivity index (χ2v) is 4.21. The molecule has 88 valence electrons. The number of hydrogen-bond acceptors (Lipinski definition) is 2. The molecule has 1 unspecified atom stereocenters. The van der Waals surface area contributed by atoms with E-state index in [9.17, 15) is 4.79 Å². The van der Waals surface area contributed by atoms with Crippen molar-refractivity contribution >= 4 is 5.78 Å². The maximum atomic E-state index is 11.7. The summed E-state index contributed by atoms with van der Waals surface area (Å²) in [6.07, 6.45) is 3.24. The number of carbonyl (C=O) groups is 1. The maximum absolute atomic E-state index is 11.7. The van der Waals surface area contributed by atoms with Crippen molar-refractivity contribution in [3.05, 3.63) is 35.4 Å². The Bertz CT molecular complexity index is 329. The van der Waals surface area contributed by atoms with E-state index in [1.54, 1.807) is 0 Å². The normalized spacial score (nSPS) is 12.4. The van der Waals surface area contributed by atoms with Crippen LogP contribution in [0, 0.1) is 0 Å². The van der Waals surface area contributed by atoms with Crippen LogP contribution >= 0.6 is 0 Å². The number of Topliss-reactive ketones (excluding diaryl/α,β-unsaturated/α-hetero) is 1. The Morgan fingerprint density at radius 2 is 1.75 bits per heavy atom. The molecule has 0 heterocycles. The van der Waals surface area contributed by atoms with E-state index < -0.39 is 0 Å². The lowest BCUT2D eigenvalue weighted by Gasteiger charge is -2.09. The van der Waals surface area contributed by atoms with Crippen LogP contribution in [-0.4, -0.2) is 11.8 Å². The monoisotopic (exact) mass is 219 g/mol. The zero-order valence-electron chi connectivity index (χ0n) is 10.2. The molecule has 0 spiro atoms. The van der Waals surface area contributed by atoms with Crippen LogP contribution in [0.15, 0.2) is 24.3 Å². The Morgan fingerprint density at radius 3 is 2.25 bits per heavy atom. The van der Waals surface area contributed by atoms with Gasteiger partial charge in [-0.15, -0.1) is 0 Å². The van der Waals surface area contributed by atoms with E-state index in [1.807, 2.05) is 19.1 Å². The number of nitrogens with two attached hydrogens (primary N) is 1. The summed E-state index contributed by atoms with van der Waals surface area (Å²) in [5.41, 5.74) is 8.15. The van der Waals surface area contributed by atoms with Crippen molar-refractivity contribution in [1.82, 2.24) is 0 Å². The Labute approximate surface area is 97.9 Å². The molecule has 0 bridgehead atoms. The van der Waals surface area contributed by atoms with Gasteiger partial charge >= 0.3 is 0 Å². The lowest BCUT2D eigenvalue weighted by atomic mass is 10.00. The summed E-state index contributed by atoms with van der Waals surface area (Å²) in [6, 6.07) is 7.91. The summed E-state index contributed by atoms with van der Waals surface area (Å²) < 4.78 is 0. The van der Waals surface area contributed by atoms with E-state index in [0.29, 0.717) is 6.42 Å². The fourth-order valence-electron chi connectivity index (χ4n) is 1.70. The van der Waals surface area contributed by atoms with Gasteiger partial charge in [-0.1, -0.05) is 44.5 Å². The fourth-order valence-corrected chi connectivity index (χ4v) is 1.70. The third-order valence-corrected chi connectivity index (χ3v) is 2.82. The molecule has 1 rings (SSSR count). The molecular weight excluding hydrogens is 198 g/mol. The van der Waals surface area contributed by atoms with Gasteiger partial charge in [-0.3, -0.25) is 4.79 Å². The van der Waals surface area contributed by atoms with Crippen LogP contribution in [0.3, 0.4) is 0 Å². The van der Waals surface area contributed by atoms with Gasteiger partial charge in [0.2, 0.25) is 0 Å². The van der Waals surface area contributed by atoms with E-state index in [1.165, 1.54) is 5.56 Å². The topological polar surface area (TPSA) is 43.1 Å². The highest BCUT2D eigenvalue weighted by molar-refractivity contribution is 5.85. The number of carbonyl (C=O) groups excluding carboxylic acids is 1. The third kappa shape index (κ3) is 3.78. The van der Waals surface area contributed by atoms with Gasteiger partial charge in [0.1, 0.15) is 0 Å². The standard InChI is InChI=1S/C14H21NO/c1-3-5-13(15)14(16)10-12-8-6-11(4-2)7-9-12/h6-9,13H,3-5,10,15H2,1-2H3. The molecule has 16 heavy (non-hydrogen) atoms. The van der Waals surface area contributed by atoms with E-state index >= 15 is 0 Å². The van der Waals surface area contributed by atoms with Gasteiger partial charge in [0, 0.05) is 6.42 Å². The molecular formula is C14H21NO. The Hall–Kier alpha value is -1.15. The van der Waals surface area contributed by atoms with Gasteiger partial charge in [-0.2, -0.15) is 0 Å². The van der Waals surface area contributed by atoms with Crippen molar-refractivity contribution in [3.8, 4) is 0 Å². The molecule has 1 aromatic carbocycles. The average molecular weight is 219 g/mol. The van der Waals surface area contributed by atoms with Crippen LogP contribution in [0.1, 0.15) is 37.8 Å². The molecule has 0 aliphatic rings. The highest BCUT2D eigenvalue weighted by Crippen LogP contribution is 2.07. The van der Waals surface area contributed by atoms with Crippen LogP contribution in [0.2, 0.25) is 0 Å². The van der Waals surface area contributed by atoms with Crippen LogP contribution in [-0.2, 0) is 17.6 Å². The van der Waals surface area contributed by atoms with Crippen molar-refractivity contribution in [2.45, 2.75) is 45.6 Å². The first-order valence-corrected chi connectivity index (χ1v) is 6.03. The molecule has 0 fully saturated rings. The van der Waals surface area contributed by atoms with Gasteiger partial charge in [-0.25, -0.2) is 0 Å². The number of aryl methyl sites for hydroxylation is 1. The minimum Gasteiger partial charge on any atom is -0.321 e. The smallest absolute Gasteiger partial charge is 0.153 e. The van der Waals surface area contributed by atoms with Crippen LogP contribution in [0.4, 0.5) is 0 Å². The fraction of sp³-hybridized carbons (Fsp3) is 0.500. The Morgan fingerprint density at radius 1 is 1.19 bits per heavy atom. The van der Waals surface area contributed by atoms with Crippen molar-refractivity contribution in [2.24, 2.45) is 5.73 Å². The Balaban J connectivity index is 2.55. The van der Waals surface area contributed by atoms with Gasteiger partial charge in [0.25, 0.3) is 0 Å². The number of rotatable bonds is 6. The molecule has 1 aromatic rings. The molecule has 2 N–H and O–H groups in total. The van der Waals surface area contributed by atoms with E-state index in [2.05, 4.69) is 19.1 Å². The first kappa shape index (κ1) is 12.9. The van der Waals surface area contributed by atoms with E-state index in [0.717, 1.165) is 24.8 Å². The third-order valence-electron chi connectivity index (χ3n) is 2.82. The molecule has 0 aromatic heterocycles. The summed E-state index contributed by atoms with van der Waals surface area (Å²) in [5, 5.41) is 0. The van der Waals surface area contributed by atoms with Gasteiger partial charge in [0.05, 0.1) is 6.04 Å². The van der Waals surface area contributed by atoms with Crippen LogP contribution in [0.5, 0.6) is 0 Å². The molecule has 1 atom stereocenters. The number of ketones is 1. The summed E-state index contributed by atoms with van der Waals surface area (Å²) in [7, 11) is 0. The molecule has 0 aliphatic heterocycles. The average Bonchev–Trinajstić information content (AvgIpc) is 2.30. The molecule has 2 nitrogen and oxygen atoms in total. The van der Waals surface area contributed by atoms with E-state index in [-0.39, 0.29) is 11.8 Å². The second kappa shape index (κ2) is 6.44. The van der Waals surface area contributed by atoms with Crippen LogP contribution in [0.25, 0.3) is 0 Å². The van der Waals surface area contributed by atoms with Gasteiger partial charge < -0.3 is 5.73 Å². The van der Waals surface area contributed by atoms with Crippen LogP contribution < -0.4 is 5.73 Å². The quantitative estimate of drug-likeness (QED) is 0.798. The summed E-state index contributed by atoms with van der Waals surface area (Å²) in [5.74, 6) is 0.145. The van der Waals surface area contributed by atoms with Gasteiger partial charge in [0.15, 0.2) is 5.78 Å². The first-order valence-electron chi connectivity index (χ1n) is 6.03. The Kier molecular flexibility index (Phi) is 5.20. The predicted molar refractivity (Wildman–Crippen MR) is 67.4 cm³/mol. The van der Waals surface area contributed by atoms with E-state index in [4.69, 9.17) is 5.73 Å². The molecule has 0 radical (unpaired) electrons. The molecule has 0 aliphatic carbocycles. The highest BCUT2D eigenvalue weighted by Gasteiger charge is 2.12. The largest absolute Gasteiger partial charge is 0.321 e. The van der Waals surface area contributed by atoms with Crippen molar-refractivity contribution in [3.63, 3.8) is 0 Å². The van der Waals surface area contributed by atoms with Crippen molar-refractivity contribution in [2.75, 3.05) is 0 Å². The molecule has 0 amide bonds. The summed E-state index contributed by atoms with van der Waals surface area (Å²) >= 11 is 0. The first-order chi connectivity index (χ1) is 7.67. The van der Waals surface area contributed by atoms with Crippen molar-refractivity contribution in [1.29, 1.82) is 0 Å². The predicted octanol–water partition coefficient (Wildman–Crippen LogP) is 2.49. The lowest BCUT2D eigenvalue weighted by Crippen LogP contribution is -2.31. The van der Waals surface area contributed by atoms with Crippen molar-refractivity contribution < 1.29 is 4.79 Å². The minimum atomic E-state index is -0.296. The maximum Gasteiger partial charge on any atom is 0.153 e. The number of benzene rings is 1.